The van der Waals surface area contributed by atoms with Crippen LogP contribution in [0, 0.1) is 5.92 Å². The molecule has 7 nitrogen and oxygen atoms in total. The van der Waals surface area contributed by atoms with Gasteiger partial charge in [0, 0.05) is 48.9 Å². The van der Waals surface area contributed by atoms with Crippen LogP contribution in [0.25, 0.3) is 0 Å². The van der Waals surface area contributed by atoms with Crippen LogP contribution >= 0.6 is 0 Å². The summed E-state index contributed by atoms with van der Waals surface area (Å²) in [4.78, 5) is 32.8. The zero-order valence-corrected chi connectivity index (χ0v) is 19.5. The SMILES string of the molecule is CN=CC(=CN)[C@@H]1[C@@H](C(=O)Nc2cccc(OC(F)(F)F)c2)c2ccccc2C(=O)N1CC(C)C. The molecule has 2 aromatic carbocycles. The van der Waals surface area contributed by atoms with E-state index in [0.29, 0.717) is 23.2 Å². The van der Waals surface area contributed by atoms with Crippen LogP contribution in [0.15, 0.2) is 65.3 Å². The molecule has 0 unspecified atom stereocenters. The number of anilines is 1. The number of rotatable bonds is 7. The number of hydrogen-bond acceptors (Lipinski definition) is 5. The maximum absolute atomic E-state index is 13.7. The molecule has 2 amide bonds. The average Bonchev–Trinajstić information content (AvgIpc) is 2.78. The van der Waals surface area contributed by atoms with Crippen molar-refractivity contribution in [3.8, 4) is 5.75 Å². The lowest BCUT2D eigenvalue weighted by molar-refractivity contribution is -0.274. The zero-order valence-electron chi connectivity index (χ0n) is 19.5. The summed E-state index contributed by atoms with van der Waals surface area (Å²) in [5.41, 5.74) is 7.34. The number of benzene rings is 2. The van der Waals surface area contributed by atoms with Crippen LogP contribution in [-0.4, -0.2) is 48.9 Å². The highest BCUT2D eigenvalue weighted by Gasteiger charge is 2.44. The number of ether oxygens (including phenoxy) is 1. The van der Waals surface area contributed by atoms with E-state index in [2.05, 4.69) is 15.0 Å². The van der Waals surface area contributed by atoms with Gasteiger partial charge in [-0.1, -0.05) is 38.1 Å². The highest BCUT2D eigenvalue weighted by Crippen LogP contribution is 2.38. The normalized spacial score (nSPS) is 18.7. The van der Waals surface area contributed by atoms with E-state index in [9.17, 15) is 22.8 Å². The summed E-state index contributed by atoms with van der Waals surface area (Å²) in [7, 11) is 1.55. The molecule has 1 heterocycles. The molecule has 186 valence electrons. The molecular weight excluding hydrogens is 461 g/mol. The molecule has 3 N–H and O–H groups in total. The number of carbonyl (C=O) groups excluding carboxylic acids is 2. The smallest absolute Gasteiger partial charge is 0.406 e. The first-order valence-electron chi connectivity index (χ1n) is 11.0. The fourth-order valence-corrected chi connectivity index (χ4v) is 4.20. The molecule has 1 aliphatic heterocycles. The van der Waals surface area contributed by atoms with Gasteiger partial charge in [0.25, 0.3) is 5.91 Å². The number of alkyl halides is 3. The monoisotopic (exact) mass is 488 g/mol. The van der Waals surface area contributed by atoms with Crippen molar-refractivity contribution in [1.82, 2.24) is 4.90 Å². The summed E-state index contributed by atoms with van der Waals surface area (Å²) in [6, 6.07) is 11.0. The number of aliphatic imine (C=N–C) groups is 1. The standard InChI is InChI=1S/C25H27F3N4O3/c1-15(2)14-32-22(16(12-29)13-30-3)21(19-9-4-5-10-20(19)24(32)34)23(33)31-17-7-6-8-18(11-17)35-25(26,27)28/h4-13,15,21-22H,14,29H2,1-3H3,(H,31,33)/t21-,22+/m0/s1. The van der Waals surface area contributed by atoms with Crippen molar-refractivity contribution in [3.05, 3.63) is 71.4 Å². The van der Waals surface area contributed by atoms with Gasteiger partial charge in [-0.2, -0.15) is 0 Å². The second-order valence-electron chi connectivity index (χ2n) is 8.48. The maximum Gasteiger partial charge on any atom is 0.573 e. The number of fused-ring (bicyclic) bond motifs is 1. The van der Waals surface area contributed by atoms with E-state index >= 15 is 0 Å². The van der Waals surface area contributed by atoms with E-state index in [4.69, 9.17) is 5.73 Å². The molecule has 3 rings (SSSR count). The minimum Gasteiger partial charge on any atom is -0.406 e. The lowest BCUT2D eigenvalue weighted by Crippen LogP contribution is -2.53. The van der Waals surface area contributed by atoms with E-state index in [1.54, 1.807) is 36.2 Å². The van der Waals surface area contributed by atoms with Crippen LogP contribution in [0.1, 0.15) is 35.7 Å². The number of hydrogen-bond donors (Lipinski definition) is 2. The van der Waals surface area contributed by atoms with E-state index in [0.717, 1.165) is 12.1 Å². The number of nitrogens with zero attached hydrogens (tertiary/aromatic N) is 2. The predicted molar refractivity (Wildman–Crippen MR) is 127 cm³/mol. The minimum atomic E-state index is -4.87. The van der Waals surface area contributed by atoms with E-state index in [1.807, 2.05) is 13.8 Å². The molecule has 0 aliphatic carbocycles. The third-order valence-corrected chi connectivity index (χ3v) is 5.43. The first-order chi connectivity index (χ1) is 16.6. The summed E-state index contributed by atoms with van der Waals surface area (Å²) in [5, 5.41) is 2.68. The number of halogens is 3. The lowest BCUT2D eigenvalue weighted by atomic mass is 9.79. The molecule has 1 aliphatic rings. The molecule has 0 radical (unpaired) electrons. The van der Waals surface area contributed by atoms with Crippen molar-refractivity contribution in [2.24, 2.45) is 16.6 Å². The molecule has 0 spiro atoms. The molecule has 10 heteroatoms. The summed E-state index contributed by atoms with van der Waals surface area (Å²) in [6.07, 6.45) is -2.06. The Kier molecular flexibility index (Phi) is 7.83. The molecule has 0 fully saturated rings. The van der Waals surface area contributed by atoms with Crippen molar-refractivity contribution >= 4 is 23.7 Å². The molecule has 2 atom stereocenters. The fourth-order valence-electron chi connectivity index (χ4n) is 4.20. The first kappa shape index (κ1) is 25.8. The zero-order chi connectivity index (χ0) is 25.8. The van der Waals surface area contributed by atoms with Crippen LogP contribution in [0.2, 0.25) is 0 Å². The predicted octanol–water partition coefficient (Wildman–Crippen LogP) is 4.33. The molecule has 0 saturated heterocycles. The molecule has 35 heavy (non-hydrogen) atoms. The molecular formula is C25H27F3N4O3. The van der Waals surface area contributed by atoms with Crippen LogP contribution in [0.3, 0.4) is 0 Å². The topological polar surface area (TPSA) is 97.0 Å². The summed E-state index contributed by atoms with van der Waals surface area (Å²) >= 11 is 0. The summed E-state index contributed by atoms with van der Waals surface area (Å²) < 4.78 is 41.9. The van der Waals surface area contributed by atoms with Crippen LogP contribution in [-0.2, 0) is 4.79 Å². The van der Waals surface area contributed by atoms with Crippen molar-refractivity contribution < 1.29 is 27.5 Å². The van der Waals surface area contributed by atoms with Crippen LogP contribution < -0.4 is 15.8 Å². The first-order valence-corrected chi connectivity index (χ1v) is 11.0. The largest absolute Gasteiger partial charge is 0.573 e. The van der Waals surface area contributed by atoms with Gasteiger partial charge in [0.1, 0.15) is 5.75 Å². The van der Waals surface area contributed by atoms with Gasteiger partial charge in [-0.05, 0) is 29.7 Å². The number of nitrogens with two attached hydrogens (primary N) is 1. The van der Waals surface area contributed by atoms with E-state index in [1.165, 1.54) is 24.5 Å². The Balaban J connectivity index is 2.08. The highest BCUT2D eigenvalue weighted by molar-refractivity contribution is 6.06. The third kappa shape index (κ3) is 6.00. The van der Waals surface area contributed by atoms with Crippen molar-refractivity contribution in [2.75, 3.05) is 18.9 Å². The van der Waals surface area contributed by atoms with Gasteiger partial charge < -0.3 is 20.7 Å². The second kappa shape index (κ2) is 10.6. The number of carbonyl (C=O) groups is 2. The van der Waals surface area contributed by atoms with E-state index < -0.39 is 30.0 Å². The molecule has 0 bridgehead atoms. The Morgan fingerprint density at radius 2 is 1.94 bits per heavy atom. The van der Waals surface area contributed by atoms with Crippen LogP contribution in [0.5, 0.6) is 5.75 Å². The molecule has 0 aromatic heterocycles. The minimum absolute atomic E-state index is 0.0872. The van der Waals surface area contributed by atoms with Gasteiger partial charge in [-0.25, -0.2) is 0 Å². The molecule has 2 aromatic rings. The van der Waals surface area contributed by atoms with Gasteiger partial charge in [0.2, 0.25) is 5.91 Å². The highest BCUT2D eigenvalue weighted by atomic mass is 19.4. The Morgan fingerprint density at radius 3 is 2.57 bits per heavy atom. The average molecular weight is 489 g/mol. The van der Waals surface area contributed by atoms with Crippen molar-refractivity contribution in [3.63, 3.8) is 0 Å². The Morgan fingerprint density at radius 1 is 1.23 bits per heavy atom. The second-order valence-corrected chi connectivity index (χ2v) is 8.48. The summed E-state index contributed by atoms with van der Waals surface area (Å²) in [5.74, 6) is -2.04. The van der Waals surface area contributed by atoms with Gasteiger partial charge in [-0.3, -0.25) is 14.6 Å². The van der Waals surface area contributed by atoms with Gasteiger partial charge >= 0.3 is 6.36 Å². The fraction of sp³-hybridized carbons (Fsp3) is 0.320. The maximum atomic E-state index is 13.7. The van der Waals surface area contributed by atoms with Crippen molar-refractivity contribution in [2.45, 2.75) is 32.2 Å². The number of nitrogens with one attached hydrogen (secondary N) is 1. The van der Waals surface area contributed by atoms with Gasteiger partial charge in [-0.15, -0.1) is 13.2 Å². The lowest BCUT2D eigenvalue weighted by Gasteiger charge is -2.42. The quantitative estimate of drug-likeness (QED) is 0.567. The Labute approximate surface area is 201 Å². The van der Waals surface area contributed by atoms with Crippen LogP contribution in [0.4, 0.5) is 18.9 Å². The Bertz CT molecular complexity index is 1140. The van der Waals surface area contributed by atoms with E-state index in [-0.39, 0.29) is 17.5 Å². The molecule has 0 saturated carbocycles. The summed E-state index contributed by atoms with van der Waals surface area (Å²) in [6.45, 7) is 4.25. The van der Waals surface area contributed by atoms with Gasteiger partial charge in [0.05, 0.1) is 12.0 Å². The van der Waals surface area contributed by atoms with Gasteiger partial charge in [0.15, 0.2) is 0 Å². The third-order valence-electron chi connectivity index (χ3n) is 5.43. The number of amides is 2. The Hall–Kier alpha value is -3.82. The van der Waals surface area contributed by atoms with Crippen molar-refractivity contribution in [1.29, 1.82) is 0 Å².